The number of benzene rings is 2. The number of nitrogens with one attached hydrogen (secondary N) is 1. The van der Waals surface area contributed by atoms with Crippen LogP contribution in [-0.4, -0.2) is 38.9 Å². The van der Waals surface area contributed by atoms with Crippen molar-refractivity contribution in [2.24, 2.45) is 0 Å². The van der Waals surface area contributed by atoms with Crippen LogP contribution in [0.4, 0.5) is 23.7 Å². The summed E-state index contributed by atoms with van der Waals surface area (Å²) >= 11 is 0. The molecule has 1 atom stereocenters. The standard InChI is InChI=1S/C21H16F3N5O2/c22-16-5-12(13-7-27-28(8-13)9-20(23)24)1-3-15(16)19-10-31-21(30)29(19)14-2-4-17-18(6-14)26-11-25-17/h1-8,11,19-20H,9-10H2,(H,25,26)/t19-/m1/s1. The van der Waals surface area contributed by atoms with Crippen molar-refractivity contribution in [3.63, 3.8) is 0 Å². The van der Waals surface area contributed by atoms with Gasteiger partial charge in [0.2, 0.25) is 0 Å². The molecule has 31 heavy (non-hydrogen) atoms. The molecule has 3 heterocycles. The van der Waals surface area contributed by atoms with Crippen LogP contribution in [0.1, 0.15) is 11.6 Å². The van der Waals surface area contributed by atoms with Gasteiger partial charge in [-0.3, -0.25) is 9.58 Å². The van der Waals surface area contributed by atoms with Gasteiger partial charge in [0.1, 0.15) is 25.0 Å². The van der Waals surface area contributed by atoms with Gasteiger partial charge in [-0.15, -0.1) is 0 Å². The molecule has 158 valence electrons. The van der Waals surface area contributed by atoms with Crippen LogP contribution in [0.15, 0.2) is 55.1 Å². The SMILES string of the molecule is O=C1OC[C@H](c2ccc(-c3cnn(CC(F)F)c3)cc2F)N1c1ccc2nc[nH]c2c1. The smallest absolute Gasteiger partial charge is 0.415 e. The summed E-state index contributed by atoms with van der Waals surface area (Å²) in [5, 5.41) is 3.88. The topological polar surface area (TPSA) is 76.0 Å². The van der Waals surface area contributed by atoms with Gasteiger partial charge in [0, 0.05) is 17.3 Å². The Bertz CT molecular complexity index is 1270. The highest BCUT2D eigenvalue weighted by Gasteiger charge is 2.37. The number of hydrogen-bond donors (Lipinski definition) is 1. The van der Waals surface area contributed by atoms with Crippen LogP contribution in [-0.2, 0) is 11.3 Å². The molecule has 10 heteroatoms. The van der Waals surface area contributed by atoms with Crippen molar-refractivity contribution in [2.45, 2.75) is 19.0 Å². The number of rotatable bonds is 5. The van der Waals surface area contributed by atoms with E-state index in [9.17, 15) is 13.6 Å². The van der Waals surface area contributed by atoms with E-state index < -0.39 is 30.9 Å². The van der Waals surface area contributed by atoms with E-state index in [2.05, 4.69) is 15.1 Å². The summed E-state index contributed by atoms with van der Waals surface area (Å²) in [6.07, 6.45) is 1.30. The number of amides is 1. The predicted molar refractivity (Wildman–Crippen MR) is 106 cm³/mol. The number of ether oxygens (including phenoxy) is 1. The monoisotopic (exact) mass is 427 g/mol. The summed E-state index contributed by atoms with van der Waals surface area (Å²) in [5.41, 5.74) is 3.35. The summed E-state index contributed by atoms with van der Waals surface area (Å²) < 4.78 is 46.4. The minimum Gasteiger partial charge on any atom is -0.447 e. The highest BCUT2D eigenvalue weighted by Crippen LogP contribution is 2.36. The van der Waals surface area contributed by atoms with Gasteiger partial charge in [0.15, 0.2) is 0 Å². The molecular weight excluding hydrogens is 411 g/mol. The van der Waals surface area contributed by atoms with Gasteiger partial charge in [0.05, 0.1) is 29.2 Å². The number of anilines is 1. The molecule has 0 bridgehead atoms. The van der Waals surface area contributed by atoms with Crippen LogP contribution < -0.4 is 4.90 Å². The van der Waals surface area contributed by atoms with Crippen LogP contribution in [0, 0.1) is 5.82 Å². The first-order chi connectivity index (χ1) is 15.0. The van der Waals surface area contributed by atoms with Crippen molar-refractivity contribution in [2.75, 3.05) is 11.5 Å². The molecule has 0 spiro atoms. The zero-order valence-corrected chi connectivity index (χ0v) is 16.0. The van der Waals surface area contributed by atoms with Gasteiger partial charge in [0.25, 0.3) is 6.43 Å². The molecule has 4 aromatic rings. The highest BCUT2D eigenvalue weighted by molar-refractivity contribution is 5.93. The molecule has 2 aromatic heterocycles. The van der Waals surface area contributed by atoms with E-state index in [0.29, 0.717) is 22.4 Å². The zero-order chi connectivity index (χ0) is 21.5. The third-order valence-corrected chi connectivity index (χ3v) is 5.21. The molecular formula is C21H16F3N5O2. The Morgan fingerprint density at radius 2 is 2.06 bits per heavy atom. The first-order valence-electron chi connectivity index (χ1n) is 9.49. The zero-order valence-electron chi connectivity index (χ0n) is 16.0. The Hall–Kier alpha value is -3.82. The van der Waals surface area contributed by atoms with Crippen molar-refractivity contribution < 1.29 is 22.7 Å². The van der Waals surface area contributed by atoms with E-state index in [-0.39, 0.29) is 6.61 Å². The summed E-state index contributed by atoms with van der Waals surface area (Å²) in [4.78, 5) is 20.9. The molecule has 1 amide bonds. The maximum Gasteiger partial charge on any atom is 0.415 e. The van der Waals surface area contributed by atoms with E-state index in [4.69, 9.17) is 4.74 Å². The summed E-state index contributed by atoms with van der Waals surface area (Å²) in [6.45, 7) is -0.528. The Labute approximate surface area is 174 Å². The minimum atomic E-state index is -2.53. The minimum absolute atomic E-state index is 0.00241. The van der Waals surface area contributed by atoms with Gasteiger partial charge in [-0.25, -0.2) is 22.9 Å². The van der Waals surface area contributed by atoms with E-state index in [1.165, 1.54) is 23.4 Å². The number of nitrogens with zero attached hydrogens (tertiary/aromatic N) is 4. The number of alkyl halides is 2. The van der Waals surface area contributed by atoms with Crippen LogP contribution in [0.3, 0.4) is 0 Å². The first kappa shape index (κ1) is 19.2. The first-order valence-corrected chi connectivity index (χ1v) is 9.49. The van der Waals surface area contributed by atoms with Gasteiger partial charge < -0.3 is 9.72 Å². The van der Waals surface area contributed by atoms with Gasteiger partial charge in [-0.2, -0.15) is 5.10 Å². The summed E-state index contributed by atoms with van der Waals surface area (Å²) in [7, 11) is 0. The average molecular weight is 427 g/mol. The number of aromatic nitrogens is 4. The third-order valence-electron chi connectivity index (χ3n) is 5.21. The number of aromatic amines is 1. The molecule has 1 aliphatic heterocycles. The lowest BCUT2D eigenvalue weighted by Crippen LogP contribution is -2.27. The molecule has 2 aromatic carbocycles. The number of carbonyl (C=O) groups is 1. The third kappa shape index (κ3) is 3.49. The number of halogens is 3. The largest absolute Gasteiger partial charge is 0.447 e. The van der Waals surface area contributed by atoms with Crippen molar-refractivity contribution >= 4 is 22.8 Å². The summed E-state index contributed by atoms with van der Waals surface area (Å²) in [6, 6.07) is 9.14. The predicted octanol–water partition coefficient (Wildman–Crippen LogP) is 4.53. The molecule has 1 N–H and O–H groups in total. The van der Waals surface area contributed by atoms with Crippen LogP contribution in [0.2, 0.25) is 0 Å². The number of fused-ring (bicyclic) bond motifs is 1. The Kier molecular flexibility index (Phi) is 4.61. The Balaban J connectivity index is 1.46. The van der Waals surface area contributed by atoms with Crippen molar-refractivity contribution in [3.05, 3.63) is 66.5 Å². The van der Waals surface area contributed by atoms with E-state index in [1.54, 1.807) is 36.7 Å². The molecule has 1 fully saturated rings. The lowest BCUT2D eigenvalue weighted by molar-refractivity contribution is 0.122. The van der Waals surface area contributed by atoms with Crippen molar-refractivity contribution in [3.8, 4) is 11.1 Å². The van der Waals surface area contributed by atoms with Crippen molar-refractivity contribution in [1.82, 2.24) is 19.7 Å². The number of hydrogen-bond acceptors (Lipinski definition) is 4. The second-order valence-corrected chi connectivity index (χ2v) is 7.15. The molecule has 7 nitrogen and oxygen atoms in total. The van der Waals surface area contributed by atoms with Crippen LogP contribution >= 0.6 is 0 Å². The van der Waals surface area contributed by atoms with E-state index >= 15 is 4.39 Å². The van der Waals surface area contributed by atoms with Crippen molar-refractivity contribution in [1.29, 1.82) is 0 Å². The molecule has 0 radical (unpaired) electrons. The molecule has 5 rings (SSSR count). The highest BCUT2D eigenvalue weighted by atomic mass is 19.3. The van der Waals surface area contributed by atoms with Gasteiger partial charge in [-0.1, -0.05) is 12.1 Å². The maximum absolute atomic E-state index is 15.1. The van der Waals surface area contributed by atoms with Crippen LogP contribution in [0.25, 0.3) is 22.2 Å². The van der Waals surface area contributed by atoms with E-state index in [0.717, 1.165) is 15.7 Å². The number of H-pyrrole nitrogens is 1. The number of cyclic esters (lactones) is 1. The maximum atomic E-state index is 15.1. The quantitative estimate of drug-likeness (QED) is 0.508. The second-order valence-electron chi connectivity index (χ2n) is 7.15. The van der Waals surface area contributed by atoms with E-state index in [1.807, 2.05) is 0 Å². The molecule has 0 aliphatic carbocycles. The fourth-order valence-corrected chi connectivity index (χ4v) is 3.74. The number of carbonyl (C=O) groups excluding carboxylic acids is 1. The lowest BCUT2D eigenvalue weighted by atomic mass is 10.0. The summed E-state index contributed by atoms with van der Waals surface area (Å²) in [5.74, 6) is -0.532. The molecule has 0 saturated carbocycles. The lowest BCUT2D eigenvalue weighted by Gasteiger charge is -2.22. The molecule has 1 saturated heterocycles. The normalized spacial score (nSPS) is 16.5. The second kappa shape index (κ2) is 7.46. The average Bonchev–Trinajstić information content (AvgIpc) is 3.46. The molecule has 0 unspecified atom stereocenters. The van der Waals surface area contributed by atoms with Gasteiger partial charge >= 0.3 is 6.09 Å². The van der Waals surface area contributed by atoms with Crippen LogP contribution in [0.5, 0.6) is 0 Å². The fourth-order valence-electron chi connectivity index (χ4n) is 3.74. The molecule has 1 aliphatic rings. The fraction of sp³-hybridized carbons (Fsp3) is 0.190. The number of imidazole rings is 1. The Morgan fingerprint density at radius 3 is 2.87 bits per heavy atom. The Morgan fingerprint density at radius 1 is 1.19 bits per heavy atom. The van der Waals surface area contributed by atoms with Gasteiger partial charge in [-0.05, 0) is 29.8 Å².